The quantitative estimate of drug-likeness (QED) is 0.844. The molecule has 1 N–H and O–H groups in total. The van der Waals surface area contributed by atoms with Crippen molar-refractivity contribution in [2.24, 2.45) is 0 Å². The second-order valence-corrected chi connectivity index (χ2v) is 8.15. The highest BCUT2D eigenvalue weighted by Gasteiger charge is 2.24. The zero-order valence-electron chi connectivity index (χ0n) is 14.6. The Labute approximate surface area is 153 Å². The smallest absolute Gasteiger partial charge is 0.232 e. The Morgan fingerprint density at radius 1 is 1.19 bits per heavy atom. The van der Waals surface area contributed by atoms with E-state index >= 15 is 0 Å². The van der Waals surface area contributed by atoms with Crippen molar-refractivity contribution in [3.63, 3.8) is 0 Å². The summed E-state index contributed by atoms with van der Waals surface area (Å²) in [7, 11) is -3.33. The Morgan fingerprint density at radius 2 is 1.96 bits per heavy atom. The van der Waals surface area contributed by atoms with Gasteiger partial charge in [-0.15, -0.1) is 0 Å². The highest BCUT2D eigenvalue weighted by Crippen LogP contribution is 2.31. The maximum Gasteiger partial charge on any atom is 0.232 e. The van der Waals surface area contributed by atoms with Crippen LogP contribution in [0.4, 0.5) is 11.4 Å². The number of ether oxygens (including phenoxy) is 1. The van der Waals surface area contributed by atoms with Crippen molar-refractivity contribution in [1.29, 1.82) is 0 Å². The third-order valence-corrected chi connectivity index (χ3v) is 5.37. The molecule has 0 bridgehead atoms. The summed E-state index contributed by atoms with van der Waals surface area (Å²) in [5.74, 6) is 0.542. The summed E-state index contributed by atoms with van der Waals surface area (Å²) < 4.78 is 30.9. The van der Waals surface area contributed by atoms with Crippen LogP contribution in [0.15, 0.2) is 48.5 Å². The van der Waals surface area contributed by atoms with Gasteiger partial charge in [0.1, 0.15) is 5.75 Å². The van der Waals surface area contributed by atoms with Crippen LogP contribution in [0.1, 0.15) is 18.4 Å². The minimum Gasteiger partial charge on any atom is -0.493 e. The second-order valence-electron chi connectivity index (χ2n) is 6.24. The zero-order chi connectivity index (χ0) is 18.6. The van der Waals surface area contributed by atoms with E-state index in [4.69, 9.17) is 4.74 Å². The summed E-state index contributed by atoms with van der Waals surface area (Å²) in [6.45, 7) is 0.740. The molecule has 0 fully saturated rings. The molecule has 7 heteroatoms. The summed E-state index contributed by atoms with van der Waals surface area (Å²) in [6.07, 6.45) is 3.04. The Bertz CT molecular complexity index is 882. The van der Waals surface area contributed by atoms with Crippen molar-refractivity contribution in [3.05, 3.63) is 54.1 Å². The van der Waals surface area contributed by atoms with Gasteiger partial charge in [0.2, 0.25) is 15.9 Å². The highest BCUT2D eigenvalue weighted by molar-refractivity contribution is 7.92. The van der Waals surface area contributed by atoms with Gasteiger partial charge in [-0.2, -0.15) is 0 Å². The lowest BCUT2D eigenvalue weighted by Gasteiger charge is -2.29. The molecular weight excluding hydrogens is 352 g/mol. The number of carbonyl (C=O) groups is 1. The fourth-order valence-electron chi connectivity index (χ4n) is 2.97. The van der Waals surface area contributed by atoms with Crippen LogP contribution in [-0.4, -0.2) is 33.7 Å². The molecule has 6 nitrogen and oxygen atoms in total. The normalized spacial score (nSPS) is 13.8. The Morgan fingerprint density at radius 3 is 2.69 bits per heavy atom. The molecule has 3 rings (SSSR count). The van der Waals surface area contributed by atoms with Crippen molar-refractivity contribution >= 4 is 27.3 Å². The van der Waals surface area contributed by atoms with Gasteiger partial charge in [0.15, 0.2) is 0 Å². The lowest BCUT2D eigenvalue weighted by Crippen LogP contribution is -2.34. The standard InChI is InChI=1S/C19H22N2O4S/c1-26(23,24)21-12-5-6-15-9-10-16(14-18(15)21)20-19(22)11-13-25-17-7-3-2-4-8-17/h2-4,7-10,14H,5-6,11-13H2,1H3,(H,20,22). The van der Waals surface area contributed by atoms with E-state index in [0.717, 1.165) is 24.2 Å². The van der Waals surface area contributed by atoms with Gasteiger partial charge in [-0.1, -0.05) is 24.3 Å². The van der Waals surface area contributed by atoms with Crippen molar-refractivity contribution in [3.8, 4) is 5.75 Å². The predicted molar refractivity (Wildman–Crippen MR) is 102 cm³/mol. The molecule has 26 heavy (non-hydrogen) atoms. The van der Waals surface area contributed by atoms with Crippen molar-refractivity contribution < 1.29 is 17.9 Å². The zero-order valence-corrected chi connectivity index (χ0v) is 15.5. The number of nitrogens with one attached hydrogen (secondary N) is 1. The monoisotopic (exact) mass is 374 g/mol. The molecule has 1 aliphatic rings. The maximum absolute atomic E-state index is 12.1. The van der Waals surface area contributed by atoms with Crippen LogP contribution in [0.2, 0.25) is 0 Å². The molecular formula is C19H22N2O4S. The van der Waals surface area contributed by atoms with Crippen LogP contribution in [0.25, 0.3) is 0 Å². The molecule has 1 amide bonds. The van der Waals surface area contributed by atoms with E-state index in [1.54, 1.807) is 12.1 Å². The van der Waals surface area contributed by atoms with Crippen LogP contribution in [-0.2, 0) is 21.2 Å². The summed E-state index contributed by atoms with van der Waals surface area (Å²) in [6, 6.07) is 14.7. The number of hydrogen-bond donors (Lipinski definition) is 1. The molecule has 0 aromatic heterocycles. The molecule has 2 aromatic rings. The molecule has 0 aliphatic carbocycles. The number of anilines is 2. The Balaban J connectivity index is 1.62. The van der Waals surface area contributed by atoms with E-state index in [0.29, 0.717) is 17.9 Å². The predicted octanol–water partition coefficient (Wildman–Crippen LogP) is 2.81. The number of nitrogens with zero attached hydrogens (tertiary/aromatic N) is 1. The van der Waals surface area contributed by atoms with E-state index in [2.05, 4.69) is 5.32 Å². The third-order valence-electron chi connectivity index (χ3n) is 4.19. The number of carbonyl (C=O) groups excluding carboxylic acids is 1. The summed E-state index contributed by atoms with van der Waals surface area (Å²) in [4.78, 5) is 12.1. The van der Waals surface area contributed by atoms with Gasteiger partial charge in [-0.25, -0.2) is 8.42 Å². The van der Waals surface area contributed by atoms with Crippen molar-refractivity contribution in [2.75, 3.05) is 29.0 Å². The number of amides is 1. The van der Waals surface area contributed by atoms with E-state index < -0.39 is 10.0 Å². The highest BCUT2D eigenvalue weighted by atomic mass is 32.2. The minimum atomic E-state index is -3.33. The van der Waals surface area contributed by atoms with Crippen LogP contribution in [0.3, 0.4) is 0 Å². The average Bonchev–Trinajstić information content (AvgIpc) is 2.61. The van der Waals surface area contributed by atoms with Gasteiger partial charge < -0.3 is 10.1 Å². The minimum absolute atomic E-state index is 0.178. The topological polar surface area (TPSA) is 75.7 Å². The molecule has 0 spiro atoms. The number of benzene rings is 2. The first kappa shape index (κ1) is 18.3. The average molecular weight is 374 g/mol. The molecule has 0 atom stereocenters. The molecule has 0 unspecified atom stereocenters. The number of rotatable bonds is 6. The molecule has 1 heterocycles. The number of fused-ring (bicyclic) bond motifs is 1. The third kappa shape index (κ3) is 4.54. The number of aryl methyl sites for hydroxylation is 1. The second kappa shape index (κ2) is 7.78. The van der Waals surface area contributed by atoms with Crippen molar-refractivity contribution in [2.45, 2.75) is 19.3 Å². The number of para-hydroxylation sites is 1. The van der Waals surface area contributed by atoms with Crippen LogP contribution < -0.4 is 14.4 Å². The Hall–Kier alpha value is -2.54. The van der Waals surface area contributed by atoms with E-state index in [1.165, 1.54) is 10.6 Å². The SMILES string of the molecule is CS(=O)(=O)N1CCCc2ccc(NC(=O)CCOc3ccccc3)cc21. The van der Waals surface area contributed by atoms with Gasteiger partial charge >= 0.3 is 0 Å². The van der Waals surface area contributed by atoms with Crippen molar-refractivity contribution in [1.82, 2.24) is 0 Å². The molecule has 2 aromatic carbocycles. The first-order valence-electron chi connectivity index (χ1n) is 8.52. The summed E-state index contributed by atoms with van der Waals surface area (Å²) in [5, 5.41) is 2.81. The molecule has 0 saturated heterocycles. The Kier molecular flexibility index (Phi) is 5.46. The van der Waals surface area contributed by atoms with Gasteiger partial charge in [0.25, 0.3) is 0 Å². The lowest BCUT2D eigenvalue weighted by atomic mass is 10.0. The summed E-state index contributed by atoms with van der Waals surface area (Å²) >= 11 is 0. The van der Waals surface area contributed by atoms with Crippen LogP contribution in [0, 0.1) is 0 Å². The molecule has 0 saturated carbocycles. The van der Waals surface area contributed by atoms with E-state index in [1.807, 2.05) is 36.4 Å². The van der Waals surface area contributed by atoms with Gasteiger partial charge in [0, 0.05) is 12.2 Å². The largest absolute Gasteiger partial charge is 0.493 e. The first-order chi connectivity index (χ1) is 12.4. The maximum atomic E-state index is 12.1. The van der Waals surface area contributed by atoms with Gasteiger partial charge in [-0.05, 0) is 42.7 Å². The van der Waals surface area contributed by atoms with Gasteiger partial charge in [0.05, 0.1) is 25.0 Å². The van der Waals surface area contributed by atoms with Crippen LogP contribution >= 0.6 is 0 Å². The van der Waals surface area contributed by atoms with E-state index in [-0.39, 0.29) is 18.9 Å². The van der Waals surface area contributed by atoms with Crippen LogP contribution in [0.5, 0.6) is 5.75 Å². The summed E-state index contributed by atoms with van der Waals surface area (Å²) in [5.41, 5.74) is 2.22. The molecule has 0 radical (unpaired) electrons. The fourth-order valence-corrected chi connectivity index (χ4v) is 3.95. The van der Waals surface area contributed by atoms with E-state index in [9.17, 15) is 13.2 Å². The fraction of sp³-hybridized carbons (Fsp3) is 0.316. The van der Waals surface area contributed by atoms with Gasteiger partial charge in [-0.3, -0.25) is 9.10 Å². The molecule has 138 valence electrons. The first-order valence-corrected chi connectivity index (χ1v) is 10.4. The lowest BCUT2D eigenvalue weighted by molar-refractivity contribution is -0.116. The number of sulfonamides is 1. The number of hydrogen-bond acceptors (Lipinski definition) is 4. The molecule has 1 aliphatic heterocycles.